The number of hydrogen-bond donors (Lipinski definition) is 0. The number of hydrogen-bond acceptors (Lipinski definition) is 0. The van der Waals surface area contributed by atoms with Gasteiger partial charge in [-0.3, -0.25) is 0 Å². The summed E-state index contributed by atoms with van der Waals surface area (Å²) in [7, 11) is -2.19. The molecule has 0 saturated heterocycles. The molecule has 12 heavy (non-hydrogen) atoms. The highest BCUT2D eigenvalue weighted by Gasteiger charge is 2.41. The van der Waals surface area contributed by atoms with Gasteiger partial charge in [-0.2, -0.15) is 0 Å². The summed E-state index contributed by atoms with van der Waals surface area (Å²) in [5.74, 6) is 0. The lowest BCUT2D eigenvalue weighted by atomic mass is 11.8. The van der Waals surface area contributed by atoms with Gasteiger partial charge in [-0.1, -0.05) is 68.5 Å². The van der Waals surface area contributed by atoms with Crippen LogP contribution in [0.1, 0.15) is 0 Å². The minimum absolute atomic E-state index is 0.0283. The molecule has 6 heteroatoms. The molecule has 0 heterocycles. The van der Waals surface area contributed by atoms with Crippen LogP contribution < -0.4 is 0 Å². The molecule has 0 aromatic carbocycles. The molecule has 0 rings (SSSR count). The van der Waals surface area contributed by atoms with Gasteiger partial charge >= 0.3 is 0 Å². The molecule has 74 valence electrons. The van der Waals surface area contributed by atoms with Crippen LogP contribution in [0.25, 0.3) is 0 Å². The van der Waals surface area contributed by atoms with Crippen LogP contribution >= 0.6 is 35.5 Å². The van der Waals surface area contributed by atoms with Crippen molar-refractivity contribution in [2.24, 2.45) is 0 Å². The largest absolute Gasteiger partial charge is 0.101 e. The molecular formula is C6H18Cl2P2Si2. The second-order valence-electron chi connectivity index (χ2n) is 4.87. The molecule has 0 bridgehead atoms. The first-order valence-corrected chi connectivity index (χ1v) is 17.9. The average Bonchev–Trinajstić information content (AvgIpc) is 1.49. The third kappa shape index (κ3) is 4.39. The van der Waals surface area contributed by atoms with Crippen LogP contribution in [0.15, 0.2) is 0 Å². The van der Waals surface area contributed by atoms with E-state index in [0.717, 1.165) is 0 Å². The van der Waals surface area contributed by atoms with Crippen molar-refractivity contribution < 1.29 is 0 Å². The third-order valence-corrected chi connectivity index (χ3v) is 46.6. The molecule has 0 fully saturated rings. The van der Waals surface area contributed by atoms with E-state index >= 15 is 0 Å². The van der Waals surface area contributed by atoms with Crippen molar-refractivity contribution in [3.63, 3.8) is 0 Å². The quantitative estimate of drug-likeness (QED) is 0.449. The van der Waals surface area contributed by atoms with Gasteiger partial charge < -0.3 is 0 Å². The van der Waals surface area contributed by atoms with E-state index in [1.165, 1.54) is 0 Å². The number of rotatable bonds is 3. The monoisotopic (exact) mass is 278 g/mol. The van der Waals surface area contributed by atoms with E-state index in [0.29, 0.717) is 0 Å². The first kappa shape index (κ1) is 13.9. The van der Waals surface area contributed by atoms with Crippen molar-refractivity contribution >= 4 is 51.0 Å². The predicted octanol–water partition coefficient (Wildman–Crippen LogP) is 5.84. The van der Waals surface area contributed by atoms with Crippen LogP contribution in [0.3, 0.4) is 0 Å². The molecule has 0 saturated carbocycles. The summed E-state index contributed by atoms with van der Waals surface area (Å²) in [6.45, 7) is 14.4. The summed E-state index contributed by atoms with van der Waals surface area (Å²) < 4.78 is 0. The van der Waals surface area contributed by atoms with E-state index in [-0.39, 0.29) is 6.71 Å². The van der Waals surface area contributed by atoms with Gasteiger partial charge in [0, 0.05) is 0 Å². The lowest BCUT2D eigenvalue weighted by molar-refractivity contribution is 1.84. The van der Waals surface area contributed by atoms with Gasteiger partial charge in [0.1, 0.15) is 6.32 Å². The fourth-order valence-corrected chi connectivity index (χ4v) is 63.9. The van der Waals surface area contributed by atoms with Crippen LogP contribution in [0.2, 0.25) is 39.3 Å². The Bertz CT molecular complexity index is 137. The van der Waals surface area contributed by atoms with E-state index in [2.05, 4.69) is 39.3 Å². The number of halogens is 2. The van der Waals surface area contributed by atoms with Crippen molar-refractivity contribution in [2.75, 3.05) is 0 Å². The molecule has 0 aromatic heterocycles. The SMILES string of the molecule is C[Si](C)(C)P(P(Cl)Cl)[Si](C)(C)C. The molecule has 0 N–H and O–H groups in total. The normalized spacial score (nSPS) is 14.5. The van der Waals surface area contributed by atoms with Gasteiger partial charge in [0.15, 0.2) is 0 Å². The minimum atomic E-state index is -1.09. The smallest absolute Gasteiger partial charge is 0.0741 e. The van der Waals surface area contributed by atoms with Crippen LogP contribution in [-0.4, -0.2) is 15.5 Å². The average molecular weight is 279 g/mol. The molecule has 0 aromatic rings. The maximum absolute atomic E-state index is 6.14. The van der Waals surface area contributed by atoms with E-state index in [4.69, 9.17) is 22.5 Å². The highest BCUT2D eigenvalue weighted by atomic mass is 35.9. The second-order valence-corrected chi connectivity index (χ2v) is 35.3. The Balaban J connectivity index is 4.70. The van der Waals surface area contributed by atoms with E-state index < -0.39 is 21.8 Å². The van der Waals surface area contributed by atoms with E-state index in [1.807, 2.05) is 0 Å². The van der Waals surface area contributed by atoms with Crippen molar-refractivity contribution in [3.05, 3.63) is 0 Å². The molecule has 0 atom stereocenters. The Kier molecular flexibility index (Phi) is 5.31. The molecule has 0 amide bonds. The fourth-order valence-electron chi connectivity index (χ4n) is 1.46. The highest BCUT2D eigenvalue weighted by Crippen LogP contribution is 2.82. The van der Waals surface area contributed by atoms with Crippen LogP contribution in [-0.2, 0) is 0 Å². The maximum atomic E-state index is 6.14. The Morgan fingerprint density at radius 1 is 0.750 bits per heavy atom. The van der Waals surface area contributed by atoms with Crippen molar-refractivity contribution in [2.45, 2.75) is 39.3 Å². The second kappa shape index (κ2) is 4.60. The van der Waals surface area contributed by atoms with E-state index in [1.54, 1.807) is 0 Å². The van der Waals surface area contributed by atoms with Crippen molar-refractivity contribution in [3.8, 4) is 0 Å². The van der Waals surface area contributed by atoms with Crippen molar-refractivity contribution in [1.29, 1.82) is 0 Å². The molecule has 0 radical (unpaired) electrons. The lowest BCUT2D eigenvalue weighted by Gasteiger charge is -2.39. The molecule has 0 aliphatic carbocycles. The van der Waals surface area contributed by atoms with Gasteiger partial charge in [-0.25, -0.2) is 0 Å². The van der Waals surface area contributed by atoms with Gasteiger partial charge in [-0.15, -0.1) is 0 Å². The molecular weight excluding hydrogens is 261 g/mol. The zero-order chi connectivity index (χ0) is 10.2. The van der Waals surface area contributed by atoms with E-state index in [9.17, 15) is 0 Å². The Morgan fingerprint density at radius 2 is 1.00 bits per heavy atom. The Morgan fingerprint density at radius 3 is 1.00 bits per heavy atom. The topological polar surface area (TPSA) is 0 Å². The first-order chi connectivity index (χ1) is 5.07. The Labute approximate surface area is 90.1 Å². The summed E-state index contributed by atoms with van der Waals surface area (Å²) in [5, 5.41) is 0. The summed E-state index contributed by atoms with van der Waals surface area (Å²) in [6, 6.07) is 0. The predicted molar refractivity (Wildman–Crippen MR) is 72.2 cm³/mol. The molecule has 0 nitrogen and oxygen atoms in total. The lowest BCUT2D eigenvalue weighted by Crippen LogP contribution is -2.30. The maximum Gasteiger partial charge on any atom is 0.101 e. The molecule has 0 aliphatic heterocycles. The summed E-state index contributed by atoms with van der Waals surface area (Å²) in [5.41, 5.74) is 0. The fraction of sp³-hybridized carbons (Fsp3) is 1.00. The Hall–Kier alpha value is 1.87. The molecule has 0 unspecified atom stereocenters. The van der Waals surface area contributed by atoms with Gasteiger partial charge in [0.2, 0.25) is 0 Å². The standard InChI is InChI=1S/C6H18Cl2P2Si2/c1-11(2,3)10(9(7)8)12(4,5)6/h1-6H3. The summed E-state index contributed by atoms with van der Waals surface area (Å²) in [4.78, 5) is 0. The van der Waals surface area contributed by atoms with Crippen LogP contribution in [0.4, 0.5) is 0 Å². The summed E-state index contributed by atoms with van der Waals surface area (Å²) >= 11 is 12.3. The zero-order valence-electron chi connectivity index (χ0n) is 8.65. The van der Waals surface area contributed by atoms with Gasteiger partial charge in [0.25, 0.3) is 0 Å². The molecule has 0 aliphatic rings. The molecule has 0 spiro atoms. The van der Waals surface area contributed by atoms with Crippen molar-refractivity contribution in [1.82, 2.24) is 0 Å². The third-order valence-electron chi connectivity index (χ3n) is 1.42. The van der Waals surface area contributed by atoms with Crippen LogP contribution in [0.5, 0.6) is 0 Å². The first-order valence-electron chi connectivity index (χ1n) is 3.99. The highest BCUT2D eigenvalue weighted by molar-refractivity contribution is 8.69. The van der Waals surface area contributed by atoms with Gasteiger partial charge in [0.05, 0.1) is 15.5 Å². The zero-order valence-corrected chi connectivity index (χ0v) is 14.0. The minimum Gasteiger partial charge on any atom is -0.0741 e. The van der Waals surface area contributed by atoms with Crippen LogP contribution in [0, 0.1) is 0 Å². The van der Waals surface area contributed by atoms with Gasteiger partial charge in [-0.05, 0) is 0 Å². The summed E-state index contributed by atoms with van der Waals surface area (Å²) in [6.07, 6.45) is -0.707.